The molecule has 0 aliphatic heterocycles. The summed E-state index contributed by atoms with van der Waals surface area (Å²) in [6.45, 7) is 6.26. The summed E-state index contributed by atoms with van der Waals surface area (Å²) in [6, 6.07) is 11.3. The largest absolute Gasteiger partial charge is 0.492 e. The number of ether oxygens (including phenoxy) is 1. The molecule has 1 aromatic heterocycles. The molecule has 4 heteroatoms. The van der Waals surface area contributed by atoms with Crippen LogP contribution in [-0.4, -0.2) is 16.6 Å². The molecule has 0 atom stereocenters. The van der Waals surface area contributed by atoms with Crippen molar-refractivity contribution in [2.75, 3.05) is 6.61 Å². The van der Waals surface area contributed by atoms with Crippen LogP contribution in [0.5, 0.6) is 0 Å². The summed E-state index contributed by atoms with van der Waals surface area (Å²) < 4.78 is 5.33. The van der Waals surface area contributed by atoms with Gasteiger partial charge in [0, 0.05) is 11.6 Å². The molecule has 0 fully saturated rings. The van der Waals surface area contributed by atoms with Gasteiger partial charge in [-0.25, -0.2) is 9.97 Å². The van der Waals surface area contributed by atoms with Crippen LogP contribution in [0.15, 0.2) is 43.0 Å². The third-order valence-electron chi connectivity index (χ3n) is 2.33. The summed E-state index contributed by atoms with van der Waals surface area (Å²) in [5.41, 5.74) is 1.52. The van der Waals surface area contributed by atoms with Crippen LogP contribution in [0.4, 0.5) is 0 Å². The Morgan fingerprint density at radius 2 is 2.00 bits per heavy atom. The first-order valence-electron chi connectivity index (χ1n) is 5.62. The highest BCUT2D eigenvalue weighted by Crippen LogP contribution is 2.21. The number of halogens is 1. The fourth-order valence-electron chi connectivity index (χ4n) is 1.52. The van der Waals surface area contributed by atoms with E-state index in [9.17, 15) is 0 Å². The minimum atomic E-state index is 0.375. The van der Waals surface area contributed by atoms with Crippen LogP contribution in [0.1, 0.15) is 12.6 Å². The lowest BCUT2D eigenvalue weighted by Gasteiger charge is -2.08. The molecule has 0 unspecified atom stereocenters. The maximum atomic E-state index is 6.00. The first-order chi connectivity index (χ1) is 8.70. The third-order valence-corrected chi connectivity index (χ3v) is 2.52. The molecule has 0 N–H and O–H groups in total. The zero-order valence-electron chi connectivity index (χ0n) is 10.1. The van der Waals surface area contributed by atoms with Crippen LogP contribution >= 0.6 is 11.6 Å². The zero-order valence-corrected chi connectivity index (χ0v) is 10.8. The predicted octanol–water partition coefficient (Wildman–Crippen LogP) is 3.80. The molecule has 18 heavy (non-hydrogen) atoms. The van der Waals surface area contributed by atoms with Crippen molar-refractivity contribution in [3.63, 3.8) is 0 Å². The van der Waals surface area contributed by atoms with Crippen molar-refractivity contribution in [2.45, 2.75) is 6.92 Å². The van der Waals surface area contributed by atoms with Gasteiger partial charge in [-0.2, -0.15) is 0 Å². The Bertz CT molecular complexity index is 555. The van der Waals surface area contributed by atoms with Gasteiger partial charge in [0.1, 0.15) is 16.6 Å². The van der Waals surface area contributed by atoms with Crippen LogP contribution in [0.3, 0.4) is 0 Å². The lowest BCUT2D eigenvalue weighted by Crippen LogP contribution is -1.98. The maximum Gasteiger partial charge on any atom is 0.161 e. The van der Waals surface area contributed by atoms with E-state index in [0.29, 0.717) is 29.0 Å². The SMILES string of the molecule is C=C(OCC)c1cc(Cl)nc(-c2ccccc2)n1. The van der Waals surface area contributed by atoms with Gasteiger partial charge in [0.05, 0.1) is 6.61 Å². The van der Waals surface area contributed by atoms with Crippen molar-refractivity contribution in [2.24, 2.45) is 0 Å². The van der Waals surface area contributed by atoms with Crippen molar-refractivity contribution in [1.29, 1.82) is 0 Å². The van der Waals surface area contributed by atoms with Gasteiger partial charge in [0.15, 0.2) is 5.82 Å². The maximum absolute atomic E-state index is 6.00. The van der Waals surface area contributed by atoms with Crippen molar-refractivity contribution in [3.05, 3.63) is 53.8 Å². The smallest absolute Gasteiger partial charge is 0.161 e. The summed E-state index contributed by atoms with van der Waals surface area (Å²) >= 11 is 6.00. The van der Waals surface area contributed by atoms with Gasteiger partial charge >= 0.3 is 0 Å². The first-order valence-corrected chi connectivity index (χ1v) is 6.00. The molecule has 1 heterocycles. The second-order valence-electron chi connectivity index (χ2n) is 3.62. The number of aromatic nitrogens is 2. The summed E-state index contributed by atoms with van der Waals surface area (Å²) in [7, 11) is 0. The molecule has 0 amide bonds. The van der Waals surface area contributed by atoms with Gasteiger partial charge < -0.3 is 4.74 Å². The van der Waals surface area contributed by atoms with Gasteiger partial charge in [-0.1, -0.05) is 48.5 Å². The summed E-state index contributed by atoms with van der Waals surface area (Å²) in [6.07, 6.45) is 0. The molecule has 0 aliphatic rings. The van der Waals surface area contributed by atoms with E-state index in [1.807, 2.05) is 37.3 Å². The summed E-state index contributed by atoms with van der Waals surface area (Å²) in [4.78, 5) is 8.61. The molecular formula is C14H13ClN2O. The molecule has 1 aromatic carbocycles. The van der Waals surface area contributed by atoms with E-state index in [4.69, 9.17) is 16.3 Å². The van der Waals surface area contributed by atoms with E-state index < -0.39 is 0 Å². The second kappa shape index (κ2) is 5.65. The van der Waals surface area contributed by atoms with E-state index in [1.165, 1.54) is 0 Å². The van der Waals surface area contributed by atoms with Crippen LogP contribution in [-0.2, 0) is 4.74 Å². The minimum absolute atomic E-state index is 0.375. The number of rotatable bonds is 4. The van der Waals surface area contributed by atoms with Crippen LogP contribution in [0, 0.1) is 0 Å². The number of hydrogen-bond donors (Lipinski definition) is 0. The molecule has 2 rings (SSSR count). The van der Waals surface area contributed by atoms with Crippen LogP contribution in [0.2, 0.25) is 5.15 Å². The third kappa shape index (κ3) is 2.87. The van der Waals surface area contributed by atoms with E-state index in [2.05, 4.69) is 16.5 Å². The standard InChI is InChI=1S/C14H13ClN2O/c1-3-18-10(2)12-9-13(15)17-14(16-12)11-7-5-4-6-8-11/h4-9H,2-3H2,1H3. The lowest BCUT2D eigenvalue weighted by atomic mass is 10.2. The van der Waals surface area contributed by atoms with E-state index in [1.54, 1.807) is 6.07 Å². The summed E-state index contributed by atoms with van der Waals surface area (Å²) in [5.74, 6) is 1.07. The normalized spacial score (nSPS) is 10.1. The zero-order chi connectivity index (χ0) is 13.0. The van der Waals surface area contributed by atoms with Crippen LogP contribution in [0.25, 0.3) is 17.1 Å². The van der Waals surface area contributed by atoms with Gasteiger partial charge in [-0.05, 0) is 6.92 Å². The molecular weight excluding hydrogens is 248 g/mol. The number of nitrogens with zero attached hydrogens (tertiary/aromatic N) is 2. The molecule has 3 nitrogen and oxygen atoms in total. The highest BCUT2D eigenvalue weighted by molar-refractivity contribution is 6.29. The van der Waals surface area contributed by atoms with Crippen molar-refractivity contribution in [3.8, 4) is 11.4 Å². The highest BCUT2D eigenvalue weighted by Gasteiger charge is 2.08. The molecule has 2 aromatic rings. The van der Waals surface area contributed by atoms with Crippen molar-refractivity contribution in [1.82, 2.24) is 9.97 Å². The van der Waals surface area contributed by atoms with E-state index in [0.717, 1.165) is 5.56 Å². The second-order valence-corrected chi connectivity index (χ2v) is 4.01. The Morgan fingerprint density at radius 3 is 2.67 bits per heavy atom. The van der Waals surface area contributed by atoms with Gasteiger partial charge in [-0.3, -0.25) is 0 Å². The lowest BCUT2D eigenvalue weighted by molar-refractivity contribution is 0.298. The van der Waals surface area contributed by atoms with Gasteiger partial charge in [0.2, 0.25) is 0 Å². The first kappa shape index (κ1) is 12.6. The van der Waals surface area contributed by atoms with E-state index >= 15 is 0 Å². The molecule has 0 aliphatic carbocycles. The molecule has 0 saturated carbocycles. The average molecular weight is 261 g/mol. The Labute approximate surface area is 111 Å². The Balaban J connectivity index is 2.41. The molecule has 0 spiro atoms. The Morgan fingerprint density at radius 1 is 1.28 bits per heavy atom. The van der Waals surface area contributed by atoms with Crippen molar-refractivity contribution >= 4 is 17.4 Å². The quantitative estimate of drug-likeness (QED) is 0.619. The Hall–Kier alpha value is -1.87. The van der Waals surface area contributed by atoms with E-state index in [-0.39, 0.29) is 0 Å². The topological polar surface area (TPSA) is 35.0 Å². The highest BCUT2D eigenvalue weighted by atomic mass is 35.5. The monoisotopic (exact) mass is 260 g/mol. The van der Waals surface area contributed by atoms with Gasteiger partial charge in [-0.15, -0.1) is 0 Å². The molecule has 0 radical (unpaired) electrons. The Kier molecular flexibility index (Phi) is 3.95. The van der Waals surface area contributed by atoms with Gasteiger partial charge in [0.25, 0.3) is 0 Å². The minimum Gasteiger partial charge on any atom is -0.492 e. The fraction of sp³-hybridized carbons (Fsp3) is 0.143. The summed E-state index contributed by atoms with van der Waals surface area (Å²) in [5, 5.41) is 0.375. The number of benzene rings is 1. The molecule has 0 bridgehead atoms. The number of hydrogen-bond acceptors (Lipinski definition) is 3. The fourth-order valence-corrected chi connectivity index (χ4v) is 1.71. The average Bonchev–Trinajstić information content (AvgIpc) is 2.39. The van der Waals surface area contributed by atoms with Crippen molar-refractivity contribution < 1.29 is 4.74 Å². The predicted molar refractivity (Wildman–Crippen MR) is 73.1 cm³/mol. The molecule has 0 saturated heterocycles. The van der Waals surface area contributed by atoms with Crippen LogP contribution < -0.4 is 0 Å². The molecule has 92 valence electrons.